The first-order chi connectivity index (χ1) is 17.9. The fourth-order valence-corrected chi connectivity index (χ4v) is 5.14. The van der Waals surface area contributed by atoms with Gasteiger partial charge in [-0.2, -0.15) is 5.26 Å². The third-order valence-electron chi connectivity index (χ3n) is 7.36. The number of para-hydroxylation sites is 1. The van der Waals surface area contributed by atoms with E-state index in [2.05, 4.69) is 6.07 Å². The van der Waals surface area contributed by atoms with E-state index in [0.717, 1.165) is 18.4 Å². The summed E-state index contributed by atoms with van der Waals surface area (Å²) >= 11 is 0. The first-order valence-electron chi connectivity index (χ1n) is 12.8. The number of fused-ring (bicyclic) bond motifs is 3. The molecule has 2 aromatic rings. The summed E-state index contributed by atoms with van der Waals surface area (Å²) in [7, 11) is 5.19. The number of carbonyl (C=O) groups is 2. The fraction of sp³-hybridized carbons (Fsp3) is 0.483. The highest BCUT2D eigenvalue weighted by atomic mass is 16.6. The Morgan fingerprint density at radius 3 is 2.51 bits per heavy atom. The van der Waals surface area contributed by atoms with Crippen LogP contribution in [0.25, 0.3) is 0 Å². The Bertz CT molecular complexity index is 1130. The summed E-state index contributed by atoms with van der Waals surface area (Å²) < 4.78 is 18.1. The molecule has 0 unspecified atom stereocenters. The molecule has 2 aliphatic heterocycles. The van der Waals surface area contributed by atoms with Crippen LogP contribution in [0.3, 0.4) is 0 Å². The first kappa shape index (κ1) is 26.6. The predicted octanol–water partition coefficient (Wildman–Crippen LogP) is 3.61. The first-order valence-corrected chi connectivity index (χ1v) is 12.8. The number of amides is 2. The van der Waals surface area contributed by atoms with Gasteiger partial charge in [0.1, 0.15) is 24.5 Å². The smallest absolute Gasteiger partial charge is 0.257 e. The molecule has 4 atom stereocenters. The minimum atomic E-state index is -0.354. The maximum atomic E-state index is 13.6. The molecule has 1 fully saturated rings. The number of nitriles is 1. The summed E-state index contributed by atoms with van der Waals surface area (Å²) in [5, 5.41) is 9.75. The minimum Gasteiger partial charge on any atom is -0.489 e. The predicted molar refractivity (Wildman–Crippen MR) is 138 cm³/mol. The molecule has 0 spiro atoms. The van der Waals surface area contributed by atoms with Crippen molar-refractivity contribution >= 4 is 11.8 Å². The SMILES string of the molecule is CO[C@H]1CC[C@H]2CCN(C)C(=O)C[C@H](c3ccccc3)CN(C)C(=O)c3cccc(C#N)c3OC[C@@H]1O2. The van der Waals surface area contributed by atoms with E-state index >= 15 is 0 Å². The van der Waals surface area contributed by atoms with Crippen molar-refractivity contribution in [2.24, 2.45) is 0 Å². The van der Waals surface area contributed by atoms with E-state index in [0.29, 0.717) is 25.1 Å². The van der Waals surface area contributed by atoms with Crippen molar-refractivity contribution in [3.8, 4) is 11.8 Å². The van der Waals surface area contributed by atoms with E-state index in [9.17, 15) is 14.9 Å². The molecule has 8 heteroatoms. The van der Waals surface area contributed by atoms with Gasteiger partial charge in [0.25, 0.3) is 5.91 Å². The van der Waals surface area contributed by atoms with Crippen LogP contribution in [0.5, 0.6) is 5.75 Å². The summed E-state index contributed by atoms with van der Waals surface area (Å²) in [6, 6.07) is 16.9. The lowest BCUT2D eigenvalue weighted by molar-refractivity contribution is -0.145. The van der Waals surface area contributed by atoms with Gasteiger partial charge in [-0.15, -0.1) is 0 Å². The summed E-state index contributed by atoms with van der Waals surface area (Å²) in [6.45, 7) is 1.07. The number of likely N-dealkylation sites (N-methyl/N-ethyl adjacent to an activating group) is 1. The Labute approximate surface area is 218 Å². The molecule has 0 radical (unpaired) electrons. The zero-order chi connectivity index (χ0) is 26.4. The molecule has 8 nitrogen and oxygen atoms in total. The van der Waals surface area contributed by atoms with E-state index in [1.165, 1.54) is 0 Å². The van der Waals surface area contributed by atoms with Gasteiger partial charge in [-0.1, -0.05) is 36.4 Å². The van der Waals surface area contributed by atoms with Crippen molar-refractivity contribution in [2.75, 3.05) is 40.9 Å². The number of hydrogen-bond donors (Lipinski definition) is 0. The number of nitrogens with zero attached hydrogens (tertiary/aromatic N) is 3. The summed E-state index contributed by atoms with van der Waals surface area (Å²) in [5.74, 6) is -0.174. The number of ether oxygens (including phenoxy) is 3. The van der Waals surface area contributed by atoms with Crippen LogP contribution in [-0.2, 0) is 14.3 Å². The molecule has 0 aliphatic carbocycles. The monoisotopic (exact) mass is 505 g/mol. The Hall–Kier alpha value is -3.41. The largest absolute Gasteiger partial charge is 0.489 e. The molecule has 0 saturated carbocycles. The molecule has 37 heavy (non-hydrogen) atoms. The van der Waals surface area contributed by atoms with Crippen LogP contribution in [0.4, 0.5) is 0 Å². The lowest BCUT2D eigenvalue weighted by atomic mass is 9.94. The van der Waals surface area contributed by atoms with Crippen LogP contribution in [0, 0.1) is 11.3 Å². The second kappa shape index (κ2) is 12.2. The summed E-state index contributed by atoms with van der Waals surface area (Å²) in [6.07, 6.45) is 2.07. The Balaban J connectivity index is 1.70. The van der Waals surface area contributed by atoms with Crippen molar-refractivity contribution in [1.82, 2.24) is 9.80 Å². The van der Waals surface area contributed by atoms with Crippen molar-refractivity contribution in [3.05, 3.63) is 65.2 Å². The normalized spacial score (nSPS) is 25.7. The van der Waals surface area contributed by atoms with Gasteiger partial charge in [-0.25, -0.2) is 0 Å². The zero-order valence-corrected chi connectivity index (χ0v) is 21.8. The van der Waals surface area contributed by atoms with E-state index in [4.69, 9.17) is 14.2 Å². The van der Waals surface area contributed by atoms with Crippen molar-refractivity contribution in [2.45, 2.75) is 49.9 Å². The average molecular weight is 506 g/mol. The quantitative estimate of drug-likeness (QED) is 0.619. The molecule has 2 bridgehead atoms. The van der Waals surface area contributed by atoms with E-state index in [1.807, 2.05) is 37.4 Å². The van der Waals surface area contributed by atoms with Gasteiger partial charge in [0, 0.05) is 46.6 Å². The average Bonchev–Trinajstić information content (AvgIpc) is 2.93. The lowest BCUT2D eigenvalue weighted by Crippen LogP contribution is -2.45. The second-order valence-electron chi connectivity index (χ2n) is 9.85. The number of carbonyl (C=O) groups excluding carboxylic acids is 2. The molecular formula is C29H35N3O5. The maximum Gasteiger partial charge on any atom is 0.257 e. The maximum absolute atomic E-state index is 13.6. The van der Waals surface area contributed by atoms with Gasteiger partial charge in [0.05, 0.1) is 23.3 Å². The highest BCUT2D eigenvalue weighted by Gasteiger charge is 2.33. The van der Waals surface area contributed by atoms with Gasteiger partial charge >= 0.3 is 0 Å². The molecule has 1 saturated heterocycles. The standard InChI is InChI=1S/C29H35N3O5/c1-31-15-14-23-12-13-25(35-3)26(37-23)19-36-28-21(17-30)10-7-11-24(28)29(34)32(2)18-22(16-27(31)33)20-8-5-4-6-9-20/h4-11,22-23,25-26H,12-16,18-19H2,1-3H3/t22-,23-,25-,26-/m0/s1. The molecular weight excluding hydrogens is 470 g/mol. The number of hydrogen-bond acceptors (Lipinski definition) is 6. The van der Waals surface area contributed by atoms with Crippen LogP contribution in [0.2, 0.25) is 0 Å². The van der Waals surface area contributed by atoms with Crippen molar-refractivity contribution in [3.63, 3.8) is 0 Å². The molecule has 2 aromatic carbocycles. The molecule has 2 aliphatic rings. The minimum absolute atomic E-state index is 0.0272. The van der Waals surface area contributed by atoms with Gasteiger partial charge in [-0.3, -0.25) is 9.59 Å². The van der Waals surface area contributed by atoms with Crippen LogP contribution in [-0.4, -0.2) is 80.8 Å². The van der Waals surface area contributed by atoms with Crippen molar-refractivity contribution in [1.29, 1.82) is 5.26 Å². The van der Waals surface area contributed by atoms with Crippen LogP contribution < -0.4 is 4.74 Å². The molecule has 196 valence electrons. The second-order valence-corrected chi connectivity index (χ2v) is 9.85. The molecule has 4 rings (SSSR count). The van der Waals surface area contributed by atoms with Gasteiger partial charge in [-0.05, 0) is 37.0 Å². The van der Waals surface area contributed by atoms with Crippen LogP contribution in [0.15, 0.2) is 48.5 Å². The van der Waals surface area contributed by atoms with Gasteiger partial charge < -0.3 is 24.0 Å². The third-order valence-corrected chi connectivity index (χ3v) is 7.36. The van der Waals surface area contributed by atoms with E-state index in [1.54, 1.807) is 42.2 Å². The molecule has 2 heterocycles. The highest BCUT2D eigenvalue weighted by Crippen LogP contribution is 2.30. The fourth-order valence-electron chi connectivity index (χ4n) is 5.14. The van der Waals surface area contributed by atoms with Gasteiger partial charge in [0.15, 0.2) is 0 Å². The van der Waals surface area contributed by atoms with Crippen LogP contribution in [0.1, 0.15) is 53.1 Å². The molecule has 2 amide bonds. The molecule has 0 aromatic heterocycles. The Morgan fingerprint density at radius 2 is 1.78 bits per heavy atom. The Morgan fingerprint density at radius 1 is 1.00 bits per heavy atom. The van der Waals surface area contributed by atoms with E-state index in [-0.39, 0.29) is 60.4 Å². The topological polar surface area (TPSA) is 92.1 Å². The Kier molecular flexibility index (Phi) is 8.80. The number of rotatable bonds is 2. The zero-order valence-electron chi connectivity index (χ0n) is 21.8. The third kappa shape index (κ3) is 6.30. The van der Waals surface area contributed by atoms with Gasteiger partial charge in [0.2, 0.25) is 5.91 Å². The lowest BCUT2D eigenvalue weighted by Gasteiger charge is -2.36. The highest BCUT2D eigenvalue weighted by molar-refractivity contribution is 5.97. The summed E-state index contributed by atoms with van der Waals surface area (Å²) in [5.41, 5.74) is 1.60. The number of methoxy groups -OCH3 is 1. The number of benzene rings is 2. The van der Waals surface area contributed by atoms with Crippen LogP contribution >= 0.6 is 0 Å². The summed E-state index contributed by atoms with van der Waals surface area (Å²) in [4.78, 5) is 30.2. The molecule has 0 N–H and O–H groups in total. The van der Waals surface area contributed by atoms with E-state index < -0.39 is 0 Å². The van der Waals surface area contributed by atoms with Crippen molar-refractivity contribution < 1.29 is 23.8 Å².